The van der Waals surface area contributed by atoms with E-state index < -0.39 is 23.5 Å². The summed E-state index contributed by atoms with van der Waals surface area (Å²) >= 11 is 0. The van der Waals surface area contributed by atoms with Crippen LogP contribution in [-0.2, 0) is 24.7 Å². The molecule has 216 valence electrons. The molecule has 0 fully saturated rings. The van der Waals surface area contributed by atoms with E-state index in [4.69, 9.17) is 9.47 Å². The number of carboxylic acid groups (broad SMARTS) is 1. The summed E-state index contributed by atoms with van der Waals surface area (Å²) in [5.41, 5.74) is -0.599. The smallest absolute Gasteiger partial charge is 0.338 e. The second-order valence-corrected chi connectivity index (χ2v) is 10.7. The maximum Gasteiger partial charge on any atom is 0.338 e. The number of rotatable bonds is 19. The van der Waals surface area contributed by atoms with Crippen LogP contribution in [0.15, 0.2) is 48.6 Å². The van der Waals surface area contributed by atoms with E-state index in [9.17, 15) is 19.5 Å². The molecule has 6 nitrogen and oxygen atoms in total. The van der Waals surface area contributed by atoms with Crippen molar-refractivity contribution in [2.24, 2.45) is 5.92 Å². The van der Waals surface area contributed by atoms with Gasteiger partial charge in [-0.2, -0.15) is 0 Å². The first-order chi connectivity index (χ1) is 18.8. The van der Waals surface area contributed by atoms with Crippen molar-refractivity contribution >= 4 is 17.9 Å². The van der Waals surface area contributed by atoms with E-state index in [1.165, 1.54) is 44.3 Å². The third-order valence-electron chi connectivity index (χ3n) is 7.25. The van der Waals surface area contributed by atoms with Gasteiger partial charge in [0, 0.05) is 12.0 Å². The number of esters is 2. The lowest BCUT2D eigenvalue weighted by Gasteiger charge is -2.32. The zero-order valence-electron chi connectivity index (χ0n) is 24.2. The van der Waals surface area contributed by atoms with Gasteiger partial charge in [0.05, 0.1) is 17.6 Å². The van der Waals surface area contributed by atoms with E-state index >= 15 is 0 Å². The highest BCUT2D eigenvalue weighted by Crippen LogP contribution is 2.37. The molecule has 1 aliphatic rings. The molecule has 1 aromatic carbocycles. The maximum absolute atomic E-state index is 13.2. The van der Waals surface area contributed by atoms with Crippen molar-refractivity contribution in [2.75, 3.05) is 0 Å². The molecule has 0 amide bonds. The molecule has 39 heavy (non-hydrogen) atoms. The van der Waals surface area contributed by atoms with Gasteiger partial charge in [-0.25, -0.2) is 4.79 Å². The first-order valence-corrected chi connectivity index (χ1v) is 15.0. The van der Waals surface area contributed by atoms with E-state index in [0.29, 0.717) is 11.1 Å². The van der Waals surface area contributed by atoms with Gasteiger partial charge in [-0.05, 0) is 44.4 Å². The Bertz CT molecular complexity index is 949. The number of carbonyl (C=O) groups is 3. The molecule has 0 saturated carbocycles. The van der Waals surface area contributed by atoms with Gasteiger partial charge < -0.3 is 14.6 Å². The number of ether oxygens (including phenoxy) is 2. The first-order valence-electron chi connectivity index (χ1n) is 15.0. The fraction of sp³-hybridized carbons (Fsp3) is 0.606. The average Bonchev–Trinajstić information content (AvgIpc) is 2.92. The van der Waals surface area contributed by atoms with Crippen LogP contribution in [0.3, 0.4) is 0 Å². The molecule has 1 aromatic rings. The summed E-state index contributed by atoms with van der Waals surface area (Å²) in [6, 6.07) is 6.93. The Morgan fingerprint density at radius 2 is 1.41 bits per heavy atom. The molecule has 1 N–H and O–H groups in total. The zero-order chi connectivity index (χ0) is 28.5. The van der Waals surface area contributed by atoms with Crippen LogP contribution >= 0.6 is 0 Å². The van der Waals surface area contributed by atoms with Crippen LogP contribution in [0.4, 0.5) is 0 Å². The van der Waals surface area contributed by atoms with E-state index in [0.717, 1.165) is 51.4 Å². The van der Waals surface area contributed by atoms with Crippen LogP contribution in [0.5, 0.6) is 0 Å². The van der Waals surface area contributed by atoms with Gasteiger partial charge in [-0.3, -0.25) is 9.59 Å². The van der Waals surface area contributed by atoms with Crippen LogP contribution in [-0.4, -0.2) is 29.1 Å². The van der Waals surface area contributed by atoms with Crippen molar-refractivity contribution in [2.45, 2.75) is 122 Å². The van der Waals surface area contributed by atoms with Crippen molar-refractivity contribution in [3.8, 4) is 0 Å². The summed E-state index contributed by atoms with van der Waals surface area (Å²) in [7, 11) is 0. The Hall–Kier alpha value is -2.89. The molecular formula is C33H48O6. The van der Waals surface area contributed by atoms with Crippen LogP contribution < -0.4 is 0 Å². The quantitative estimate of drug-likeness (QED) is 0.108. The van der Waals surface area contributed by atoms with Gasteiger partial charge >= 0.3 is 17.9 Å². The summed E-state index contributed by atoms with van der Waals surface area (Å²) in [6.45, 7) is 6.25. The fourth-order valence-corrected chi connectivity index (χ4v) is 4.89. The number of carbonyl (C=O) groups excluding carboxylic acids is 2. The van der Waals surface area contributed by atoms with Crippen molar-refractivity contribution in [3.05, 3.63) is 59.7 Å². The summed E-state index contributed by atoms with van der Waals surface area (Å²) in [4.78, 5) is 37.8. The van der Waals surface area contributed by atoms with Crippen molar-refractivity contribution in [1.82, 2.24) is 0 Å². The normalized spacial score (nSPS) is 19.0. The number of hydrogen-bond donors (Lipinski definition) is 1. The molecule has 0 spiro atoms. The van der Waals surface area contributed by atoms with Crippen molar-refractivity contribution in [1.29, 1.82) is 0 Å². The highest BCUT2D eigenvalue weighted by Gasteiger charge is 2.38. The molecule has 0 bridgehead atoms. The minimum absolute atomic E-state index is 0.239. The Kier molecular flexibility index (Phi) is 14.6. The number of benzene rings is 1. The van der Waals surface area contributed by atoms with Gasteiger partial charge in [-0.1, -0.05) is 108 Å². The van der Waals surface area contributed by atoms with Gasteiger partial charge in [0.2, 0.25) is 0 Å². The minimum Gasteiger partial charge on any atom is -0.481 e. The molecule has 0 heterocycles. The molecule has 0 unspecified atom stereocenters. The van der Waals surface area contributed by atoms with Gasteiger partial charge in [0.15, 0.2) is 5.60 Å². The van der Waals surface area contributed by atoms with Gasteiger partial charge in [0.1, 0.15) is 0 Å². The van der Waals surface area contributed by atoms with Crippen LogP contribution in [0.2, 0.25) is 0 Å². The molecule has 0 saturated heterocycles. The van der Waals surface area contributed by atoms with Gasteiger partial charge in [-0.15, -0.1) is 0 Å². The second kappa shape index (κ2) is 17.6. The SMILES string of the molecule is CCCCCCCCCCC(=O)OC1(c2ccccc2C(=O)O[C@H](C)CCCCCC)C=CC(C(=O)O)C=C1. The topological polar surface area (TPSA) is 89.9 Å². The van der Waals surface area contributed by atoms with E-state index in [2.05, 4.69) is 13.8 Å². The molecular weight excluding hydrogens is 492 g/mol. The number of aliphatic carboxylic acids is 1. The molecule has 0 aliphatic heterocycles. The Morgan fingerprint density at radius 3 is 2.03 bits per heavy atom. The van der Waals surface area contributed by atoms with Crippen LogP contribution in [0.25, 0.3) is 0 Å². The molecule has 6 heteroatoms. The Balaban J connectivity index is 2.13. The highest BCUT2D eigenvalue weighted by atomic mass is 16.6. The van der Waals surface area contributed by atoms with E-state index in [-0.39, 0.29) is 18.5 Å². The minimum atomic E-state index is -1.37. The molecule has 2 rings (SSSR count). The van der Waals surface area contributed by atoms with Crippen molar-refractivity contribution in [3.63, 3.8) is 0 Å². The molecule has 1 atom stereocenters. The van der Waals surface area contributed by atoms with Gasteiger partial charge in [0.25, 0.3) is 0 Å². The summed E-state index contributed by atoms with van der Waals surface area (Å²) in [5, 5.41) is 9.46. The largest absolute Gasteiger partial charge is 0.481 e. The Morgan fingerprint density at radius 1 is 0.846 bits per heavy atom. The number of hydrogen-bond acceptors (Lipinski definition) is 5. The third kappa shape index (κ3) is 11.0. The predicted octanol–water partition coefficient (Wildman–Crippen LogP) is 8.30. The second-order valence-electron chi connectivity index (χ2n) is 10.7. The predicted molar refractivity (Wildman–Crippen MR) is 154 cm³/mol. The highest BCUT2D eigenvalue weighted by molar-refractivity contribution is 5.92. The fourth-order valence-electron chi connectivity index (χ4n) is 4.89. The van der Waals surface area contributed by atoms with E-state index in [1.54, 1.807) is 36.4 Å². The lowest BCUT2D eigenvalue weighted by molar-refractivity contribution is -0.152. The first kappa shape index (κ1) is 32.3. The Labute approximate surface area is 234 Å². The van der Waals surface area contributed by atoms with E-state index in [1.807, 2.05) is 6.92 Å². The zero-order valence-corrected chi connectivity index (χ0v) is 24.2. The standard InChI is InChI=1S/C33H48O6/c1-4-6-8-10-11-12-13-15-21-30(34)39-33(24-22-27(23-25-33)31(35)36)29-20-17-16-19-28(29)32(37)38-26(3)18-14-9-7-5-2/h16-17,19-20,22-27H,4-15,18,21H2,1-3H3,(H,35,36)/t26-,27?,33?/m1/s1. The molecule has 0 aromatic heterocycles. The lowest BCUT2D eigenvalue weighted by Crippen LogP contribution is -2.33. The summed E-state index contributed by atoms with van der Waals surface area (Å²) in [5.74, 6) is -2.68. The molecule has 1 aliphatic carbocycles. The third-order valence-corrected chi connectivity index (χ3v) is 7.25. The number of unbranched alkanes of at least 4 members (excludes halogenated alkanes) is 10. The molecule has 0 radical (unpaired) electrons. The maximum atomic E-state index is 13.2. The summed E-state index contributed by atoms with van der Waals surface area (Å²) in [6.07, 6.45) is 20.3. The average molecular weight is 541 g/mol. The number of carboxylic acids is 1. The van der Waals surface area contributed by atoms with Crippen LogP contribution in [0.1, 0.15) is 127 Å². The van der Waals surface area contributed by atoms with Crippen molar-refractivity contribution < 1.29 is 29.0 Å². The summed E-state index contributed by atoms with van der Waals surface area (Å²) < 4.78 is 11.8. The van der Waals surface area contributed by atoms with Crippen LogP contribution in [0, 0.1) is 5.92 Å². The lowest BCUT2D eigenvalue weighted by atomic mass is 9.83. The monoisotopic (exact) mass is 540 g/mol.